The second kappa shape index (κ2) is 8.58. The fraction of sp³-hybridized carbons (Fsp3) is 0.529. The van der Waals surface area contributed by atoms with Crippen molar-refractivity contribution in [1.29, 1.82) is 0 Å². The summed E-state index contributed by atoms with van der Waals surface area (Å²) >= 11 is 0. The Hall–Kier alpha value is -1.73. The molecule has 2 fully saturated rings. The van der Waals surface area contributed by atoms with Gasteiger partial charge in [-0.3, -0.25) is 9.59 Å². The minimum Gasteiger partial charge on any atom is -0.339 e. The monoisotopic (exact) mass is 373 g/mol. The summed E-state index contributed by atoms with van der Waals surface area (Å²) < 4.78 is 26.7. The van der Waals surface area contributed by atoms with E-state index in [1.165, 1.54) is 4.90 Å². The van der Waals surface area contributed by atoms with Gasteiger partial charge in [-0.1, -0.05) is 0 Å². The van der Waals surface area contributed by atoms with Gasteiger partial charge in [0.2, 0.25) is 5.91 Å². The van der Waals surface area contributed by atoms with Crippen molar-refractivity contribution in [2.45, 2.75) is 12.8 Å². The Labute approximate surface area is 151 Å². The zero-order valence-corrected chi connectivity index (χ0v) is 14.7. The van der Waals surface area contributed by atoms with E-state index in [0.717, 1.165) is 31.5 Å². The predicted molar refractivity (Wildman–Crippen MR) is 91.7 cm³/mol. The van der Waals surface area contributed by atoms with Crippen molar-refractivity contribution in [3.8, 4) is 0 Å². The second-order valence-corrected chi connectivity index (χ2v) is 6.28. The maximum Gasteiger partial charge on any atom is 0.256 e. The van der Waals surface area contributed by atoms with E-state index in [2.05, 4.69) is 5.32 Å². The van der Waals surface area contributed by atoms with E-state index in [0.29, 0.717) is 38.8 Å². The molecule has 0 radical (unpaired) electrons. The fourth-order valence-electron chi connectivity index (χ4n) is 3.28. The first-order chi connectivity index (χ1) is 11.6. The number of halogens is 3. The molecule has 0 spiro atoms. The standard InChI is InChI=1S/C17H21F2N3O2.ClH/c18-13-3-4-14(15(19)10-13)17(24)22-8-6-21(7-9-22)16(23)12-2-1-5-20-11-12;/h3-4,10,12,20H,1-2,5-9,11H2;1H. The SMILES string of the molecule is Cl.O=C(c1ccc(F)cc1F)N1CCN(C(=O)C2CCCNC2)CC1. The largest absolute Gasteiger partial charge is 0.339 e. The number of amides is 2. The van der Waals surface area contributed by atoms with Crippen LogP contribution in [0.5, 0.6) is 0 Å². The summed E-state index contributed by atoms with van der Waals surface area (Å²) in [6.07, 6.45) is 1.89. The third kappa shape index (κ3) is 4.46. The van der Waals surface area contributed by atoms with Crippen LogP contribution in [0.15, 0.2) is 18.2 Å². The van der Waals surface area contributed by atoms with E-state index in [1.54, 1.807) is 4.90 Å². The topological polar surface area (TPSA) is 52.7 Å². The minimum absolute atomic E-state index is 0. The summed E-state index contributed by atoms with van der Waals surface area (Å²) in [4.78, 5) is 28.1. The average molecular weight is 374 g/mol. The number of carbonyl (C=O) groups is 2. The third-order valence-electron chi connectivity index (χ3n) is 4.69. The van der Waals surface area contributed by atoms with Crippen molar-refractivity contribution in [2.75, 3.05) is 39.3 Å². The Bertz CT molecular complexity index is 630. The van der Waals surface area contributed by atoms with Crippen LogP contribution in [0.1, 0.15) is 23.2 Å². The zero-order valence-electron chi connectivity index (χ0n) is 13.8. The lowest BCUT2D eigenvalue weighted by Crippen LogP contribution is -2.53. The maximum atomic E-state index is 13.7. The van der Waals surface area contributed by atoms with Crippen LogP contribution in [-0.2, 0) is 4.79 Å². The number of hydrogen-bond donors (Lipinski definition) is 1. The van der Waals surface area contributed by atoms with Crippen LogP contribution in [0.2, 0.25) is 0 Å². The van der Waals surface area contributed by atoms with Gasteiger partial charge in [-0.2, -0.15) is 0 Å². The molecule has 0 aromatic heterocycles. The van der Waals surface area contributed by atoms with E-state index in [1.807, 2.05) is 0 Å². The van der Waals surface area contributed by atoms with Crippen molar-refractivity contribution in [3.05, 3.63) is 35.4 Å². The summed E-state index contributed by atoms with van der Waals surface area (Å²) in [5.74, 6) is -1.89. The molecule has 2 saturated heterocycles. The number of nitrogens with zero attached hydrogens (tertiary/aromatic N) is 2. The van der Waals surface area contributed by atoms with E-state index < -0.39 is 17.5 Å². The third-order valence-corrected chi connectivity index (χ3v) is 4.69. The quantitative estimate of drug-likeness (QED) is 0.858. The lowest BCUT2D eigenvalue weighted by Gasteiger charge is -2.37. The van der Waals surface area contributed by atoms with Crippen LogP contribution in [0, 0.1) is 17.6 Å². The highest BCUT2D eigenvalue weighted by Gasteiger charge is 2.30. The number of hydrogen-bond acceptors (Lipinski definition) is 3. The molecule has 1 aromatic rings. The summed E-state index contributed by atoms with van der Waals surface area (Å²) in [6, 6.07) is 2.95. The molecule has 1 unspecified atom stereocenters. The Morgan fingerprint density at radius 1 is 1.08 bits per heavy atom. The van der Waals surface area contributed by atoms with Crippen molar-refractivity contribution in [1.82, 2.24) is 15.1 Å². The molecule has 2 aliphatic heterocycles. The molecule has 3 rings (SSSR count). The molecular weight excluding hydrogens is 352 g/mol. The molecule has 0 bridgehead atoms. The first-order valence-electron chi connectivity index (χ1n) is 8.30. The van der Waals surface area contributed by atoms with Crippen molar-refractivity contribution in [2.24, 2.45) is 5.92 Å². The highest BCUT2D eigenvalue weighted by atomic mass is 35.5. The number of rotatable bonds is 2. The first-order valence-corrected chi connectivity index (χ1v) is 8.30. The number of carbonyl (C=O) groups excluding carboxylic acids is 2. The molecule has 0 saturated carbocycles. The molecule has 2 aliphatic rings. The lowest BCUT2D eigenvalue weighted by atomic mass is 9.98. The number of nitrogens with one attached hydrogen (secondary N) is 1. The Balaban J connectivity index is 0.00000225. The highest BCUT2D eigenvalue weighted by molar-refractivity contribution is 5.94. The molecule has 2 amide bonds. The van der Waals surface area contributed by atoms with E-state index in [9.17, 15) is 18.4 Å². The number of piperazine rings is 1. The Morgan fingerprint density at radius 3 is 2.36 bits per heavy atom. The minimum atomic E-state index is -0.855. The van der Waals surface area contributed by atoms with Gasteiger partial charge in [-0.25, -0.2) is 8.78 Å². The average Bonchev–Trinajstić information content (AvgIpc) is 2.61. The van der Waals surface area contributed by atoms with Gasteiger partial charge in [0.05, 0.1) is 11.5 Å². The molecular formula is C17H22ClF2N3O2. The van der Waals surface area contributed by atoms with Crippen molar-refractivity contribution >= 4 is 24.2 Å². The second-order valence-electron chi connectivity index (χ2n) is 6.28. The molecule has 1 aromatic carbocycles. The normalized spacial score (nSPS) is 20.8. The molecule has 5 nitrogen and oxygen atoms in total. The smallest absolute Gasteiger partial charge is 0.256 e. The van der Waals surface area contributed by atoms with Gasteiger partial charge in [-0.15, -0.1) is 12.4 Å². The van der Waals surface area contributed by atoms with Gasteiger partial charge >= 0.3 is 0 Å². The number of piperidine rings is 1. The molecule has 1 atom stereocenters. The molecule has 1 N–H and O–H groups in total. The molecule has 0 aliphatic carbocycles. The zero-order chi connectivity index (χ0) is 17.1. The first kappa shape index (κ1) is 19.6. The predicted octanol–water partition coefficient (Wildman–Crippen LogP) is 1.67. The van der Waals surface area contributed by atoms with Crippen LogP contribution >= 0.6 is 12.4 Å². The van der Waals surface area contributed by atoms with E-state index >= 15 is 0 Å². The van der Waals surface area contributed by atoms with Crippen LogP contribution < -0.4 is 5.32 Å². The Morgan fingerprint density at radius 2 is 1.76 bits per heavy atom. The summed E-state index contributed by atoms with van der Waals surface area (Å²) in [7, 11) is 0. The van der Waals surface area contributed by atoms with Gasteiger partial charge in [0.25, 0.3) is 5.91 Å². The van der Waals surface area contributed by atoms with Crippen LogP contribution in [0.4, 0.5) is 8.78 Å². The van der Waals surface area contributed by atoms with Crippen LogP contribution in [0.3, 0.4) is 0 Å². The van der Waals surface area contributed by atoms with Crippen LogP contribution in [-0.4, -0.2) is 60.9 Å². The number of benzene rings is 1. The fourth-order valence-corrected chi connectivity index (χ4v) is 3.28. The van der Waals surface area contributed by atoms with Gasteiger partial charge in [0.1, 0.15) is 11.6 Å². The molecule has 25 heavy (non-hydrogen) atoms. The van der Waals surface area contributed by atoms with Gasteiger partial charge in [0, 0.05) is 38.8 Å². The highest BCUT2D eigenvalue weighted by Crippen LogP contribution is 2.17. The van der Waals surface area contributed by atoms with Gasteiger partial charge < -0.3 is 15.1 Å². The molecule has 2 heterocycles. The maximum absolute atomic E-state index is 13.7. The Kier molecular flexibility index (Phi) is 6.72. The van der Waals surface area contributed by atoms with Crippen molar-refractivity contribution in [3.63, 3.8) is 0 Å². The lowest BCUT2D eigenvalue weighted by molar-refractivity contribution is -0.137. The summed E-state index contributed by atoms with van der Waals surface area (Å²) in [5, 5.41) is 3.23. The van der Waals surface area contributed by atoms with Crippen LogP contribution in [0.25, 0.3) is 0 Å². The molecule has 8 heteroatoms. The summed E-state index contributed by atoms with van der Waals surface area (Å²) in [6.45, 7) is 3.28. The molecule has 138 valence electrons. The summed E-state index contributed by atoms with van der Waals surface area (Å²) in [5.41, 5.74) is -0.132. The van der Waals surface area contributed by atoms with Gasteiger partial charge in [0.15, 0.2) is 0 Å². The van der Waals surface area contributed by atoms with E-state index in [4.69, 9.17) is 0 Å². The van der Waals surface area contributed by atoms with Crippen molar-refractivity contribution < 1.29 is 18.4 Å². The van der Waals surface area contributed by atoms with E-state index in [-0.39, 0.29) is 29.8 Å². The van der Waals surface area contributed by atoms with Gasteiger partial charge in [-0.05, 0) is 31.5 Å².